The first-order valence-electron chi connectivity index (χ1n) is 20.0. The largest absolute Gasteiger partial charge is 0.468 e. The molecule has 0 bridgehead atoms. The SMILES string of the molecule is CC[C@H](C)C([C@H]1CC(N2CCC[C@H]2[C@H](OC)[C@@H](C)C(=O)NCCc2ccnc3ccccc23)=C(N=O)O1)N(C)C(=O)[C@@H](NC(=O)[C@H](C(C)C)N(C)C)C(C)C. The van der Waals surface area contributed by atoms with Gasteiger partial charge in [-0.3, -0.25) is 24.3 Å². The normalized spacial score (nSPS) is 20.7. The van der Waals surface area contributed by atoms with E-state index in [-0.39, 0.29) is 53.4 Å². The number of aromatic nitrogens is 1. The van der Waals surface area contributed by atoms with Crippen LogP contribution in [-0.2, 0) is 30.3 Å². The second-order valence-corrected chi connectivity index (χ2v) is 16.3. The van der Waals surface area contributed by atoms with Gasteiger partial charge in [0.1, 0.15) is 12.1 Å². The van der Waals surface area contributed by atoms with E-state index in [0.717, 1.165) is 35.7 Å². The number of benzene rings is 1. The predicted molar refractivity (Wildman–Crippen MR) is 216 cm³/mol. The summed E-state index contributed by atoms with van der Waals surface area (Å²) < 4.78 is 12.4. The van der Waals surface area contributed by atoms with E-state index in [1.807, 2.05) is 83.9 Å². The number of nitroso groups, excluding NO2 is 1. The van der Waals surface area contributed by atoms with Crippen LogP contribution in [0.25, 0.3) is 10.9 Å². The summed E-state index contributed by atoms with van der Waals surface area (Å²) in [7, 11) is 7.12. The van der Waals surface area contributed by atoms with Crippen LogP contribution < -0.4 is 10.6 Å². The molecule has 2 N–H and O–H groups in total. The molecule has 3 heterocycles. The molecule has 0 radical (unpaired) electrons. The minimum absolute atomic E-state index is 0.00913. The van der Waals surface area contributed by atoms with E-state index < -0.39 is 30.2 Å². The van der Waals surface area contributed by atoms with Gasteiger partial charge in [-0.1, -0.05) is 73.1 Å². The van der Waals surface area contributed by atoms with Crippen molar-refractivity contribution in [3.63, 3.8) is 0 Å². The lowest BCUT2D eigenvalue weighted by molar-refractivity contribution is -0.143. The molecule has 2 aromatic rings. The molecule has 1 unspecified atom stereocenters. The van der Waals surface area contributed by atoms with Gasteiger partial charge >= 0.3 is 0 Å². The molecule has 2 aliphatic rings. The molecule has 1 saturated heterocycles. The van der Waals surface area contributed by atoms with E-state index in [1.165, 1.54) is 0 Å². The molecule has 1 aromatic heterocycles. The zero-order chi connectivity index (χ0) is 40.6. The number of carbonyl (C=O) groups excluding carboxylic acids is 3. The summed E-state index contributed by atoms with van der Waals surface area (Å²) in [4.78, 5) is 63.9. The number of para-hydroxylation sites is 1. The van der Waals surface area contributed by atoms with Crippen LogP contribution in [0.5, 0.6) is 0 Å². The highest BCUT2D eigenvalue weighted by Crippen LogP contribution is 2.39. The maximum absolute atomic E-state index is 14.3. The maximum atomic E-state index is 14.3. The van der Waals surface area contributed by atoms with Crippen molar-refractivity contribution in [3.8, 4) is 0 Å². The first-order valence-corrected chi connectivity index (χ1v) is 20.0. The van der Waals surface area contributed by atoms with Gasteiger partial charge in [-0.05, 0) is 68.8 Å². The topological polar surface area (TPSA) is 146 Å². The van der Waals surface area contributed by atoms with Gasteiger partial charge in [0, 0.05) is 50.4 Å². The molecule has 3 amide bonds. The number of rotatable bonds is 19. The van der Waals surface area contributed by atoms with Gasteiger partial charge in [-0.15, -0.1) is 4.91 Å². The molecule has 2 aliphatic heterocycles. The predicted octanol–water partition coefficient (Wildman–Crippen LogP) is 5.33. The van der Waals surface area contributed by atoms with Crippen molar-refractivity contribution in [3.05, 3.63) is 58.6 Å². The lowest BCUT2D eigenvalue weighted by Crippen LogP contribution is -2.59. The van der Waals surface area contributed by atoms with Crippen LogP contribution in [0.4, 0.5) is 0 Å². The zero-order valence-electron chi connectivity index (χ0n) is 34.9. The number of pyridine rings is 1. The minimum Gasteiger partial charge on any atom is -0.468 e. The summed E-state index contributed by atoms with van der Waals surface area (Å²) >= 11 is 0. The van der Waals surface area contributed by atoms with Gasteiger partial charge in [0.2, 0.25) is 17.7 Å². The monoisotopic (exact) mass is 763 g/mol. The number of nitrogens with one attached hydrogen (secondary N) is 2. The highest BCUT2D eigenvalue weighted by atomic mass is 16.5. The summed E-state index contributed by atoms with van der Waals surface area (Å²) in [6.07, 6.45) is 4.23. The van der Waals surface area contributed by atoms with Crippen molar-refractivity contribution in [2.45, 2.75) is 117 Å². The fourth-order valence-electron chi connectivity index (χ4n) is 8.69. The molecular formula is C42H65N7O6. The Kier molecular flexibility index (Phi) is 15.6. The first-order chi connectivity index (χ1) is 26.2. The molecule has 0 spiro atoms. The summed E-state index contributed by atoms with van der Waals surface area (Å²) in [5.74, 6) is -1.06. The van der Waals surface area contributed by atoms with Crippen molar-refractivity contribution in [1.82, 2.24) is 30.3 Å². The third-order valence-electron chi connectivity index (χ3n) is 11.7. The summed E-state index contributed by atoms with van der Waals surface area (Å²) in [5.41, 5.74) is 2.72. The Morgan fingerprint density at radius 2 is 1.75 bits per heavy atom. The zero-order valence-corrected chi connectivity index (χ0v) is 34.9. The number of fused-ring (bicyclic) bond motifs is 1. The highest BCUT2D eigenvalue weighted by Gasteiger charge is 2.46. The van der Waals surface area contributed by atoms with Crippen LogP contribution in [0.15, 0.2) is 53.3 Å². The number of hydrogen-bond acceptors (Lipinski definition) is 10. The Morgan fingerprint density at radius 3 is 2.36 bits per heavy atom. The number of nitrogens with zero attached hydrogens (tertiary/aromatic N) is 5. The fraction of sp³-hybridized carbons (Fsp3) is 0.667. The van der Waals surface area contributed by atoms with Gasteiger partial charge < -0.3 is 29.9 Å². The van der Waals surface area contributed by atoms with Gasteiger partial charge in [0.25, 0.3) is 5.88 Å². The van der Waals surface area contributed by atoms with E-state index in [0.29, 0.717) is 31.6 Å². The molecule has 13 nitrogen and oxygen atoms in total. The molecule has 1 fully saturated rings. The number of likely N-dealkylation sites (tertiary alicyclic amines) is 1. The quantitative estimate of drug-likeness (QED) is 0.181. The molecule has 8 atom stereocenters. The average Bonchev–Trinajstić information content (AvgIpc) is 3.80. The molecule has 0 saturated carbocycles. The molecule has 304 valence electrons. The molecule has 4 rings (SSSR count). The van der Waals surface area contributed by atoms with E-state index in [2.05, 4.69) is 39.5 Å². The third-order valence-corrected chi connectivity index (χ3v) is 11.7. The number of methoxy groups -OCH3 is 1. The van der Waals surface area contributed by atoms with Crippen molar-refractivity contribution in [2.75, 3.05) is 41.3 Å². The van der Waals surface area contributed by atoms with Crippen molar-refractivity contribution < 1.29 is 23.9 Å². The molecule has 13 heteroatoms. The first kappa shape index (κ1) is 43.6. The standard InChI is InChI=1S/C42H65N7O6/c1-12-27(6)37(48(10)42(52)35(25(2)3)45-40(51)36(26(4)5)47(8)9)34-24-33(41(46-53)55-34)49-23-15-18-32(49)38(54-11)28(7)39(50)44-22-20-29-19-21-43-31-17-14-13-16-30(29)31/h13-14,16-17,19,21,25-28,32,34-38H,12,15,18,20,22-24H2,1-11H3,(H,44,50)(H,45,51)/t27-,28+,32-,34+,35-,36-,37?,38+/m0/s1. The minimum atomic E-state index is -0.746. The number of likely N-dealkylation sites (N-methyl/N-ethyl adjacent to an activating group) is 2. The van der Waals surface area contributed by atoms with Gasteiger partial charge in [0.15, 0.2) is 0 Å². The molecule has 0 aliphatic carbocycles. The van der Waals surface area contributed by atoms with Crippen LogP contribution in [0.3, 0.4) is 0 Å². The van der Waals surface area contributed by atoms with Crippen LogP contribution in [-0.4, -0.2) is 115 Å². The maximum Gasteiger partial charge on any atom is 0.275 e. The van der Waals surface area contributed by atoms with Crippen LogP contribution in [0, 0.1) is 28.6 Å². The van der Waals surface area contributed by atoms with E-state index in [9.17, 15) is 19.3 Å². The highest BCUT2D eigenvalue weighted by molar-refractivity contribution is 5.90. The molecule has 1 aromatic carbocycles. The third kappa shape index (κ3) is 10.0. The van der Waals surface area contributed by atoms with Gasteiger partial charge in [-0.25, -0.2) is 0 Å². The Labute approximate surface area is 327 Å². The van der Waals surface area contributed by atoms with Gasteiger partial charge in [-0.2, -0.15) is 0 Å². The summed E-state index contributed by atoms with van der Waals surface area (Å²) in [6, 6.07) is 8.26. The lowest BCUT2D eigenvalue weighted by Gasteiger charge is -2.39. The number of ether oxygens (including phenoxy) is 2. The molecular weight excluding hydrogens is 699 g/mol. The van der Waals surface area contributed by atoms with E-state index >= 15 is 0 Å². The Bertz CT molecular complexity index is 1650. The van der Waals surface area contributed by atoms with Gasteiger partial charge in [0.05, 0.1) is 41.4 Å². The number of carbonyl (C=O) groups is 3. The number of amides is 3. The van der Waals surface area contributed by atoms with Crippen LogP contribution in [0.1, 0.15) is 79.7 Å². The Hall–Kier alpha value is -4.10. The van der Waals surface area contributed by atoms with Crippen LogP contribution in [0.2, 0.25) is 0 Å². The Morgan fingerprint density at radius 1 is 1.04 bits per heavy atom. The van der Waals surface area contributed by atoms with Crippen molar-refractivity contribution >= 4 is 28.6 Å². The second kappa shape index (κ2) is 19.7. The van der Waals surface area contributed by atoms with Crippen molar-refractivity contribution in [2.24, 2.45) is 28.8 Å². The van der Waals surface area contributed by atoms with E-state index in [1.54, 1.807) is 25.3 Å². The van der Waals surface area contributed by atoms with Crippen LogP contribution >= 0.6 is 0 Å². The lowest BCUT2D eigenvalue weighted by atomic mass is 9.89. The summed E-state index contributed by atoms with van der Waals surface area (Å²) in [5, 5.41) is 10.6. The average molecular weight is 764 g/mol. The van der Waals surface area contributed by atoms with E-state index in [4.69, 9.17) is 9.47 Å². The molecule has 55 heavy (non-hydrogen) atoms. The smallest absolute Gasteiger partial charge is 0.275 e. The Balaban J connectivity index is 1.48. The number of hydrogen-bond donors (Lipinski definition) is 2. The van der Waals surface area contributed by atoms with Crippen molar-refractivity contribution in [1.29, 1.82) is 0 Å². The second-order valence-electron chi connectivity index (χ2n) is 16.3. The summed E-state index contributed by atoms with van der Waals surface area (Å²) in [6.45, 7) is 15.0. The fourth-order valence-corrected chi connectivity index (χ4v) is 8.69.